The molecule has 1 rings (SSSR count). The minimum atomic E-state index is 0.392. The van der Waals surface area contributed by atoms with E-state index < -0.39 is 0 Å². The summed E-state index contributed by atoms with van der Waals surface area (Å²) in [5.74, 6) is 0. The van der Waals surface area contributed by atoms with Crippen molar-refractivity contribution in [1.29, 1.82) is 5.26 Å². The van der Waals surface area contributed by atoms with Gasteiger partial charge in [0.15, 0.2) is 0 Å². The lowest BCUT2D eigenvalue weighted by Crippen LogP contribution is -2.32. The number of unbranched alkanes of at least 4 members (excludes halogenated alkanes) is 2. The summed E-state index contributed by atoms with van der Waals surface area (Å²) in [6, 6.07) is 4.41. The number of nitrogens with zero attached hydrogens (tertiary/aromatic N) is 3. The second kappa shape index (κ2) is 6.90. The molecule has 0 aliphatic heterocycles. The average Bonchev–Trinajstić information content (AvgIpc) is 2.34. The molecule has 0 saturated heterocycles. The highest BCUT2D eigenvalue weighted by Gasteiger charge is 2.13. The standard InChI is InChI=1S/C14H21N3/c1-4-5-6-9-17(12(2)3)14-11-16-8-7-13(14)10-15/h7-8,11-12H,4-6,9H2,1-3H3. The maximum Gasteiger partial charge on any atom is 0.101 e. The second-order valence-electron chi connectivity index (χ2n) is 4.50. The Balaban J connectivity index is 2.86. The smallest absolute Gasteiger partial charge is 0.101 e. The summed E-state index contributed by atoms with van der Waals surface area (Å²) in [7, 11) is 0. The third kappa shape index (κ3) is 3.74. The van der Waals surface area contributed by atoms with Gasteiger partial charge in [0.1, 0.15) is 6.07 Å². The van der Waals surface area contributed by atoms with E-state index in [0.29, 0.717) is 11.6 Å². The fourth-order valence-electron chi connectivity index (χ4n) is 1.90. The highest BCUT2D eigenvalue weighted by Crippen LogP contribution is 2.21. The number of aromatic nitrogens is 1. The molecule has 0 saturated carbocycles. The molecule has 0 bridgehead atoms. The molecule has 1 aromatic rings. The summed E-state index contributed by atoms with van der Waals surface area (Å²) in [5.41, 5.74) is 1.67. The van der Waals surface area contributed by atoms with Crippen LogP contribution in [0, 0.1) is 11.3 Å². The zero-order chi connectivity index (χ0) is 12.7. The lowest BCUT2D eigenvalue weighted by molar-refractivity contribution is 0.624. The van der Waals surface area contributed by atoms with Gasteiger partial charge in [0, 0.05) is 18.8 Å². The van der Waals surface area contributed by atoms with Crippen molar-refractivity contribution in [2.45, 2.75) is 46.1 Å². The van der Waals surface area contributed by atoms with Gasteiger partial charge < -0.3 is 4.90 Å². The highest BCUT2D eigenvalue weighted by atomic mass is 15.2. The summed E-state index contributed by atoms with van der Waals surface area (Å²) < 4.78 is 0. The Labute approximate surface area is 104 Å². The number of anilines is 1. The van der Waals surface area contributed by atoms with Gasteiger partial charge in [-0.3, -0.25) is 4.98 Å². The predicted molar refractivity (Wildman–Crippen MR) is 71.0 cm³/mol. The van der Waals surface area contributed by atoms with Crippen LogP contribution in [0.4, 0.5) is 5.69 Å². The van der Waals surface area contributed by atoms with E-state index in [4.69, 9.17) is 5.26 Å². The monoisotopic (exact) mass is 231 g/mol. The molecule has 1 aromatic heterocycles. The van der Waals surface area contributed by atoms with Gasteiger partial charge in [-0.25, -0.2) is 0 Å². The largest absolute Gasteiger partial charge is 0.367 e. The van der Waals surface area contributed by atoms with Gasteiger partial charge in [0.25, 0.3) is 0 Å². The van der Waals surface area contributed by atoms with Crippen LogP contribution in [0.25, 0.3) is 0 Å². The van der Waals surface area contributed by atoms with E-state index in [1.807, 2.05) is 0 Å². The van der Waals surface area contributed by atoms with Crippen molar-refractivity contribution in [3.8, 4) is 6.07 Å². The first-order valence-corrected chi connectivity index (χ1v) is 6.31. The zero-order valence-corrected chi connectivity index (χ0v) is 11.0. The maximum absolute atomic E-state index is 9.12. The Kier molecular flexibility index (Phi) is 5.48. The van der Waals surface area contributed by atoms with E-state index in [2.05, 4.69) is 36.7 Å². The van der Waals surface area contributed by atoms with Gasteiger partial charge in [-0.15, -0.1) is 0 Å². The van der Waals surface area contributed by atoms with Crippen molar-refractivity contribution in [3.63, 3.8) is 0 Å². The van der Waals surface area contributed by atoms with Crippen LogP contribution in [0.2, 0.25) is 0 Å². The van der Waals surface area contributed by atoms with Crippen LogP contribution >= 0.6 is 0 Å². The molecule has 0 atom stereocenters. The Bertz CT molecular complexity index is 379. The molecule has 0 aliphatic rings. The molecule has 3 heteroatoms. The Morgan fingerprint density at radius 2 is 2.18 bits per heavy atom. The number of hydrogen-bond donors (Lipinski definition) is 0. The van der Waals surface area contributed by atoms with E-state index in [1.165, 1.54) is 12.8 Å². The molecule has 0 unspecified atom stereocenters. The minimum absolute atomic E-state index is 0.392. The summed E-state index contributed by atoms with van der Waals surface area (Å²) in [4.78, 5) is 6.40. The van der Waals surface area contributed by atoms with E-state index in [1.54, 1.807) is 18.5 Å². The van der Waals surface area contributed by atoms with Crippen molar-refractivity contribution < 1.29 is 0 Å². The molecule has 1 heterocycles. The van der Waals surface area contributed by atoms with Crippen LogP contribution in [0.3, 0.4) is 0 Å². The van der Waals surface area contributed by atoms with Gasteiger partial charge >= 0.3 is 0 Å². The van der Waals surface area contributed by atoms with Crippen LogP contribution in [-0.4, -0.2) is 17.6 Å². The first-order chi connectivity index (χ1) is 8.20. The van der Waals surface area contributed by atoms with E-state index in [-0.39, 0.29) is 0 Å². The van der Waals surface area contributed by atoms with E-state index >= 15 is 0 Å². The molecule has 0 N–H and O–H groups in total. The Hall–Kier alpha value is -1.56. The molecule has 0 amide bonds. The minimum Gasteiger partial charge on any atom is -0.367 e. The molecule has 0 radical (unpaired) electrons. The normalized spacial score (nSPS) is 10.3. The van der Waals surface area contributed by atoms with Crippen molar-refractivity contribution in [2.75, 3.05) is 11.4 Å². The number of hydrogen-bond acceptors (Lipinski definition) is 3. The number of pyridine rings is 1. The molecule has 92 valence electrons. The molecular weight excluding hydrogens is 210 g/mol. The third-order valence-corrected chi connectivity index (χ3v) is 2.86. The average molecular weight is 231 g/mol. The first kappa shape index (κ1) is 13.5. The lowest BCUT2D eigenvalue weighted by atomic mass is 10.1. The fraction of sp³-hybridized carbons (Fsp3) is 0.571. The van der Waals surface area contributed by atoms with Gasteiger partial charge in [-0.2, -0.15) is 5.26 Å². The zero-order valence-electron chi connectivity index (χ0n) is 11.0. The van der Waals surface area contributed by atoms with Crippen molar-refractivity contribution in [1.82, 2.24) is 4.98 Å². The quantitative estimate of drug-likeness (QED) is 0.705. The molecule has 3 nitrogen and oxygen atoms in total. The topological polar surface area (TPSA) is 39.9 Å². The molecule has 0 aromatic carbocycles. The van der Waals surface area contributed by atoms with Crippen LogP contribution in [0.1, 0.15) is 45.6 Å². The second-order valence-corrected chi connectivity index (χ2v) is 4.50. The van der Waals surface area contributed by atoms with Crippen LogP contribution in [0.5, 0.6) is 0 Å². The van der Waals surface area contributed by atoms with Gasteiger partial charge in [-0.05, 0) is 26.3 Å². The van der Waals surface area contributed by atoms with Crippen molar-refractivity contribution in [3.05, 3.63) is 24.0 Å². The summed E-state index contributed by atoms with van der Waals surface area (Å²) in [6.45, 7) is 7.50. The van der Waals surface area contributed by atoms with E-state index in [0.717, 1.165) is 18.7 Å². The maximum atomic E-state index is 9.12. The summed E-state index contributed by atoms with van der Waals surface area (Å²) in [5, 5.41) is 9.12. The Morgan fingerprint density at radius 3 is 2.76 bits per heavy atom. The van der Waals surface area contributed by atoms with Crippen LogP contribution in [-0.2, 0) is 0 Å². The molecular formula is C14H21N3. The van der Waals surface area contributed by atoms with E-state index in [9.17, 15) is 0 Å². The van der Waals surface area contributed by atoms with Crippen molar-refractivity contribution >= 4 is 5.69 Å². The van der Waals surface area contributed by atoms with Gasteiger partial charge in [0.05, 0.1) is 17.4 Å². The highest BCUT2D eigenvalue weighted by molar-refractivity contribution is 5.58. The van der Waals surface area contributed by atoms with Crippen molar-refractivity contribution in [2.24, 2.45) is 0 Å². The third-order valence-electron chi connectivity index (χ3n) is 2.86. The summed E-state index contributed by atoms with van der Waals surface area (Å²) >= 11 is 0. The molecule has 0 spiro atoms. The predicted octanol–water partition coefficient (Wildman–Crippen LogP) is 3.36. The fourth-order valence-corrected chi connectivity index (χ4v) is 1.90. The first-order valence-electron chi connectivity index (χ1n) is 6.31. The molecule has 0 aliphatic carbocycles. The van der Waals surface area contributed by atoms with Gasteiger partial charge in [0.2, 0.25) is 0 Å². The molecule has 17 heavy (non-hydrogen) atoms. The van der Waals surface area contributed by atoms with Crippen LogP contribution < -0.4 is 4.90 Å². The number of rotatable bonds is 6. The SMILES string of the molecule is CCCCCN(c1cnccc1C#N)C(C)C. The lowest BCUT2D eigenvalue weighted by Gasteiger charge is -2.29. The number of nitriles is 1. The summed E-state index contributed by atoms with van der Waals surface area (Å²) in [6.07, 6.45) is 7.07. The van der Waals surface area contributed by atoms with Crippen LogP contribution in [0.15, 0.2) is 18.5 Å². The van der Waals surface area contributed by atoms with Gasteiger partial charge in [-0.1, -0.05) is 19.8 Å². The molecule has 0 fully saturated rings. The Morgan fingerprint density at radius 1 is 1.41 bits per heavy atom.